The second-order valence-electron chi connectivity index (χ2n) is 3.98. The van der Waals surface area contributed by atoms with Crippen LogP contribution in [0.5, 0.6) is 0 Å². The van der Waals surface area contributed by atoms with Gasteiger partial charge in [-0.05, 0) is 18.2 Å². The zero-order valence-corrected chi connectivity index (χ0v) is 12.9. The quantitative estimate of drug-likeness (QED) is 0.659. The number of carbonyl (C=O) groups is 2. The van der Waals surface area contributed by atoms with E-state index in [1.165, 1.54) is 12.1 Å². The third-order valence-corrected chi connectivity index (χ3v) is 3.68. The Kier molecular flexibility index (Phi) is 4.76. The number of thiazole rings is 1. The molecule has 0 aliphatic carbocycles. The van der Waals surface area contributed by atoms with Gasteiger partial charge in [-0.1, -0.05) is 27.3 Å². The van der Waals surface area contributed by atoms with Crippen LogP contribution in [-0.4, -0.2) is 22.1 Å². The smallest absolute Gasteiger partial charge is 0.337 e. The molecule has 7 nitrogen and oxygen atoms in total. The highest BCUT2D eigenvalue weighted by atomic mass is 79.9. The number of aromatic nitrogens is 1. The van der Waals surface area contributed by atoms with Gasteiger partial charge < -0.3 is 20.7 Å². The van der Waals surface area contributed by atoms with Gasteiger partial charge >= 0.3 is 16.9 Å². The number of nitrogens with one attached hydrogen (secondary N) is 3. The van der Waals surface area contributed by atoms with Crippen molar-refractivity contribution in [2.75, 3.05) is 5.32 Å². The lowest BCUT2D eigenvalue weighted by atomic mass is 10.2. The minimum absolute atomic E-state index is 0.0246. The number of carbonyl (C=O) groups excluding carboxylic acids is 1. The number of hydrogen-bond acceptors (Lipinski definition) is 4. The molecule has 1 aromatic heterocycles. The summed E-state index contributed by atoms with van der Waals surface area (Å²) in [6.07, 6.45) is 0. The van der Waals surface area contributed by atoms with Gasteiger partial charge in [0.2, 0.25) is 0 Å². The maximum Gasteiger partial charge on any atom is 0.337 e. The van der Waals surface area contributed by atoms with Gasteiger partial charge in [0.1, 0.15) is 0 Å². The van der Waals surface area contributed by atoms with Crippen molar-refractivity contribution in [1.82, 2.24) is 10.3 Å². The summed E-state index contributed by atoms with van der Waals surface area (Å²) in [5, 5.41) is 15.7. The molecular weight excluding hydrogens is 362 g/mol. The van der Waals surface area contributed by atoms with Crippen LogP contribution >= 0.6 is 27.3 Å². The highest BCUT2D eigenvalue weighted by molar-refractivity contribution is 9.10. The minimum atomic E-state index is -1.14. The number of rotatable bonds is 4. The van der Waals surface area contributed by atoms with Crippen LogP contribution in [0.1, 0.15) is 16.1 Å². The number of aromatic carboxylic acids is 1. The summed E-state index contributed by atoms with van der Waals surface area (Å²) < 4.78 is 0.599. The number of amides is 2. The van der Waals surface area contributed by atoms with Crippen LogP contribution in [0.3, 0.4) is 0 Å². The van der Waals surface area contributed by atoms with Gasteiger partial charge in [-0.15, -0.1) is 0 Å². The predicted molar refractivity (Wildman–Crippen MR) is 81.9 cm³/mol. The Labute approximate surface area is 131 Å². The topological polar surface area (TPSA) is 111 Å². The van der Waals surface area contributed by atoms with E-state index in [9.17, 15) is 14.4 Å². The minimum Gasteiger partial charge on any atom is -0.478 e. The Bertz CT molecular complexity index is 740. The standard InChI is InChI=1S/C12H10BrN3O4S/c13-6-1-2-9(8(3-6)10(17)18)16-11(19)14-4-7-5-21-12(20)15-7/h1-3,5H,4H2,(H,15,20)(H,17,18)(H2,14,16,19). The van der Waals surface area contributed by atoms with Crippen LogP contribution in [0.2, 0.25) is 0 Å². The van der Waals surface area contributed by atoms with Gasteiger partial charge in [0.15, 0.2) is 0 Å². The zero-order chi connectivity index (χ0) is 15.4. The van der Waals surface area contributed by atoms with Crippen molar-refractivity contribution in [2.45, 2.75) is 6.54 Å². The van der Waals surface area contributed by atoms with Crippen molar-refractivity contribution in [3.63, 3.8) is 0 Å². The van der Waals surface area contributed by atoms with Crippen LogP contribution in [0, 0.1) is 0 Å². The maximum absolute atomic E-state index is 11.7. The molecule has 1 heterocycles. The van der Waals surface area contributed by atoms with Crippen molar-refractivity contribution in [3.8, 4) is 0 Å². The summed E-state index contributed by atoms with van der Waals surface area (Å²) in [6.45, 7) is 0.142. The first-order valence-corrected chi connectivity index (χ1v) is 7.37. The number of carboxylic acid groups (broad SMARTS) is 1. The molecule has 0 fully saturated rings. The highest BCUT2D eigenvalue weighted by Crippen LogP contribution is 2.21. The van der Waals surface area contributed by atoms with Crippen molar-refractivity contribution in [1.29, 1.82) is 0 Å². The summed E-state index contributed by atoms with van der Waals surface area (Å²) >= 11 is 4.17. The summed E-state index contributed by atoms with van der Waals surface area (Å²) in [5.41, 5.74) is 0.736. The summed E-state index contributed by atoms with van der Waals surface area (Å²) in [4.78, 5) is 36.1. The average molecular weight is 372 g/mol. The first-order chi connectivity index (χ1) is 9.95. The first kappa shape index (κ1) is 15.3. The summed E-state index contributed by atoms with van der Waals surface area (Å²) in [6, 6.07) is 3.94. The molecule has 1 aromatic carbocycles. The van der Waals surface area contributed by atoms with E-state index in [4.69, 9.17) is 5.11 Å². The van der Waals surface area contributed by atoms with Gasteiger partial charge in [0.05, 0.1) is 17.8 Å². The van der Waals surface area contributed by atoms with Gasteiger partial charge in [-0.25, -0.2) is 9.59 Å². The Balaban J connectivity index is 2.02. The van der Waals surface area contributed by atoms with E-state index in [1.54, 1.807) is 11.4 Å². The summed E-state index contributed by atoms with van der Waals surface area (Å²) in [7, 11) is 0. The monoisotopic (exact) mass is 371 g/mol. The number of H-pyrrole nitrogens is 1. The SMILES string of the molecule is O=C(NCc1csc(=O)[nH]1)Nc1ccc(Br)cc1C(=O)O. The molecule has 4 N–H and O–H groups in total. The predicted octanol–water partition coefficient (Wildman–Crippen LogP) is 2.22. The molecule has 0 unspecified atom stereocenters. The Morgan fingerprint density at radius 1 is 1.38 bits per heavy atom. The molecule has 9 heteroatoms. The van der Waals surface area contributed by atoms with Gasteiger partial charge in [0.25, 0.3) is 0 Å². The van der Waals surface area contributed by atoms with E-state index in [0.29, 0.717) is 10.2 Å². The molecule has 0 radical (unpaired) electrons. The number of hydrogen-bond donors (Lipinski definition) is 4. The second kappa shape index (κ2) is 6.55. The number of anilines is 1. The molecule has 0 saturated carbocycles. The fraction of sp³-hybridized carbons (Fsp3) is 0.0833. The molecule has 2 rings (SSSR count). The lowest BCUT2D eigenvalue weighted by Crippen LogP contribution is -2.29. The molecule has 0 saturated heterocycles. The van der Waals surface area contributed by atoms with Crippen molar-refractivity contribution < 1.29 is 14.7 Å². The van der Waals surface area contributed by atoms with Gasteiger partial charge in [-0.2, -0.15) is 0 Å². The fourth-order valence-electron chi connectivity index (χ4n) is 1.54. The molecule has 21 heavy (non-hydrogen) atoms. The Morgan fingerprint density at radius 3 is 2.76 bits per heavy atom. The molecule has 0 aliphatic heterocycles. The molecule has 2 amide bonds. The molecule has 0 spiro atoms. The zero-order valence-electron chi connectivity index (χ0n) is 10.5. The van der Waals surface area contributed by atoms with Gasteiger partial charge in [-0.3, -0.25) is 4.79 Å². The van der Waals surface area contributed by atoms with E-state index in [-0.39, 0.29) is 22.7 Å². The number of carboxylic acids is 1. The van der Waals surface area contributed by atoms with Crippen molar-refractivity contribution in [2.24, 2.45) is 0 Å². The highest BCUT2D eigenvalue weighted by Gasteiger charge is 2.13. The normalized spacial score (nSPS) is 10.1. The Morgan fingerprint density at radius 2 is 2.14 bits per heavy atom. The molecule has 0 aliphatic rings. The van der Waals surface area contributed by atoms with Gasteiger partial charge in [0, 0.05) is 15.5 Å². The van der Waals surface area contributed by atoms with E-state index in [2.05, 4.69) is 31.5 Å². The molecule has 0 bridgehead atoms. The number of aromatic amines is 1. The lowest BCUT2D eigenvalue weighted by molar-refractivity contribution is 0.0698. The average Bonchev–Trinajstić information content (AvgIpc) is 2.84. The largest absolute Gasteiger partial charge is 0.478 e. The Hall–Kier alpha value is -2.13. The third kappa shape index (κ3) is 4.17. The summed E-state index contributed by atoms with van der Waals surface area (Å²) in [5.74, 6) is -1.14. The lowest BCUT2D eigenvalue weighted by Gasteiger charge is -2.09. The first-order valence-electron chi connectivity index (χ1n) is 5.70. The van der Waals surface area contributed by atoms with E-state index >= 15 is 0 Å². The number of halogens is 1. The van der Waals surface area contributed by atoms with Crippen LogP contribution in [0.25, 0.3) is 0 Å². The number of benzene rings is 1. The van der Waals surface area contributed by atoms with Crippen LogP contribution in [-0.2, 0) is 6.54 Å². The maximum atomic E-state index is 11.7. The van der Waals surface area contributed by atoms with Crippen molar-refractivity contribution >= 4 is 45.0 Å². The number of urea groups is 1. The molecule has 110 valence electrons. The molecule has 2 aromatic rings. The van der Waals surface area contributed by atoms with Crippen LogP contribution in [0.15, 0.2) is 32.8 Å². The molecular formula is C12H10BrN3O4S. The van der Waals surface area contributed by atoms with Crippen molar-refractivity contribution in [3.05, 3.63) is 49.0 Å². The van der Waals surface area contributed by atoms with E-state index in [1.807, 2.05) is 0 Å². The van der Waals surface area contributed by atoms with E-state index in [0.717, 1.165) is 11.3 Å². The van der Waals surface area contributed by atoms with E-state index < -0.39 is 12.0 Å². The van der Waals surface area contributed by atoms with Crippen LogP contribution < -0.4 is 15.5 Å². The fourth-order valence-corrected chi connectivity index (χ4v) is 2.49. The molecule has 0 atom stereocenters. The second-order valence-corrected chi connectivity index (χ2v) is 5.73. The third-order valence-electron chi connectivity index (χ3n) is 2.47. The van der Waals surface area contributed by atoms with Crippen LogP contribution in [0.4, 0.5) is 10.5 Å².